The molecule has 0 bridgehead atoms. The largest absolute Gasteiger partial charge is 0.480 e. The van der Waals surface area contributed by atoms with E-state index in [9.17, 15) is 9.59 Å². The first-order valence-corrected chi connectivity index (χ1v) is 9.08. The number of carbonyl (C=O) groups is 2. The number of nitrogens with one attached hydrogen (secondary N) is 1. The van der Waals surface area contributed by atoms with E-state index in [1.807, 2.05) is 6.92 Å². The number of carboxylic acids is 1. The van der Waals surface area contributed by atoms with Gasteiger partial charge in [0.2, 0.25) is 0 Å². The average Bonchev–Trinajstić information content (AvgIpc) is 3.24. The minimum absolute atomic E-state index is 0.122. The highest BCUT2D eigenvalue weighted by atomic mass is 35.5. The van der Waals surface area contributed by atoms with Gasteiger partial charge in [-0.2, -0.15) is 10.2 Å². The highest BCUT2D eigenvalue weighted by Crippen LogP contribution is 2.26. The Labute approximate surface area is 170 Å². The van der Waals surface area contributed by atoms with Gasteiger partial charge in [-0.05, 0) is 32.0 Å². The number of rotatable bonds is 6. The molecule has 1 amide bonds. The molecule has 0 aliphatic carbocycles. The lowest BCUT2D eigenvalue weighted by Gasteiger charge is -2.11. The number of hydrogen-bond acceptors (Lipinski definition) is 4. The van der Waals surface area contributed by atoms with Crippen LogP contribution in [0.1, 0.15) is 34.7 Å². The third-order valence-electron chi connectivity index (χ3n) is 4.22. The van der Waals surface area contributed by atoms with Gasteiger partial charge in [0.25, 0.3) is 5.91 Å². The highest BCUT2D eigenvalue weighted by molar-refractivity contribution is 6.35. The average molecular weight is 422 g/mol. The fraction of sp³-hybridized carbons (Fsp3) is 0.222. The molecule has 0 aliphatic heterocycles. The summed E-state index contributed by atoms with van der Waals surface area (Å²) in [5, 5.41) is 21.1. The Morgan fingerprint density at radius 1 is 1.25 bits per heavy atom. The molecule has 28 heavy (non-hydrogen) atoms. The third-order valence-corrected chi connectivity index (χ3v) is 4.93. The second kappa shape index (κ2) is 8.04. The Bertz CT molecular complexity index is 1020. The quantitative estimate of drug-likeness (QED) is 0.632. The van der Waals surface area contributed by atoms with Crippen molar-refractivity contribution in [1.29, 1.82) is 0 Å². The third kappa shape index (κ3) is 4.02. The molecule has 2 heterocycles. The monoisotopic (exact) mass is 421 g/mol. The van der Waals surface area contributed by atoms with Crippen LogP contribution in [0.4, 0.5) is 5.82 Å². The van der Waals surface area contributed by atoms with Crippen LogP contribution in [0.25, 0.3) is 0 Å². The normalized spacial score (nSPS) is 12.0. The predicted octanol–water partition coefficient (Wildman–Crippen LogP) is 3.64. The van der Waals surface area contributed by atoms with E-state index in [2.05, 4.69) is 15.5 Å². The summed E-state index contributed by atoms with van der Waals surface area (Å²) >= 11 is 12.4. The number of aryl methyl sites for hydroxylation is 1. The lowest BCUT2D eigenvalue weighted by atomic mass is 10.2. The second-order valence-electron chi connectivity index (χ2n) is 6.16. The summed E-state index contributed by atoms with van der Waals surface area (Å²) in [7, 11) is 0. The van der Waals surface area contributed by atoms with E-state index in [1.54, 1.807) is 28.9 Å². The Kier molecular flexibility index (Phi) is 5.71. The van der Waals surface area contributed by atoms with Crippen LogP contribution in [0.3, 0.4) is 0 Å². The van der Waals surface area contributed by atoms with Crippen LogP contribution in [0.5, 0.6) is 0 Å². The van der Waals surface area contributed by atoms with E-state index in [0.717, 1.165) is 15.9 Å². The lowest BCUT2D eigenvalue weighted by Crippen LogP contribution is -2.24. The van der Waals surface area contributed by atoms with Crippen LogP contribution < -0.4 is 5.32 Å². The molecule has 2 aromatic heterocycles. The molecule has 1 aromatic carbocycles. The van der Waals surface area contributed by atoms with Gasteiger partial charge in [0.05, 0.1) is 6.54 Å². The first kappa shape index (κ1) is 19.9. The molecule has 1 unspecified atom stereocenters. The molecule has 10 heteroatoms. The van der Waals surface area contributed by atoms with E-state index >= 15 is 0 Å². The van der Waals surface area contributed by atoms with Crippen molar-refractivity contribution in [2.75, 3.05) is 5.32 Å². The van der Waals surface area contributed by atoms with Crippen LogP contribution in [0.2, 0.25) is 10.0 Å². The van der Waals surface area contributed by atoms with Gasteiger partial charge in [0.1, 0.15) is 11.7 Å². The summed E-state index contributed by atoms with van der Waals surface area (Å²) < 4.78 is 2.81. The fourth-order valence-electron chi connectivity index (χ4n) is 2.65. The van der Waals surface area contributed by atoms with Crippen LogP contribution in [0, 0.1) is 6.92 Å². The molecule has 146 valence electrons. The SMILES string of the molecule is Cc1cc(NC(=O)c2ccnn2C(C)C(=O)O)nn1Cc1c(Cl)cccc1Cl. The van der Waals surface area contributed by atoms with Gasteiger partial charge in [-0.25, -0.2) is 9.48 Å². The van der Waals surface area contributed by atoms with Gasteiger partial charge in [-0.3, -0.25) is 9.48 Å². The first-order valence-electron chi connectivity index (χ1n) is 8.33. The molecule has 3 aromatic rings. The van der Waals surface area contributed by atoms with Crippen molar-refractivity contribution in [3.05, 3.63) is 63.5 Å². The van der Waals surface area contributed by atoms with Gasteiger partial charge in [-0.15, -0.1) is 0 Å². The van der Waals surface area contributed by atoms with Crippen LogP contribution in [-0.2, 0) is 11.3 Å². The molecule has 0 aliphatic rings. The van der Waals surface area contributed by atoms with Gasteiger partial charge < -0.3 is 10.4 Å². The van der Waals surface area contributed by atoms with E-state index < -0.39 is 17.9 Å². The Morgan fingerprint density at radius 2 is 1.93 bits per heavy atom. The fourth-order valence-corrected chi connectivity index (χ4v) is 3.17. The maximum absolute atomic E-state index is 12.6. The van der Waals surface area contributed by atoms with Gasteiger partial charge >= 0.3 is 5.97 Å². The molecular weight excluding hydrogens is 405 g/mol. The van der Waals surface area contributed by atoms with Gasteiger partial charge in [-0.1, -0.05) is 29.3 Å². The number of aromatic nitrogens is 4. The lowest BCUT2D eigenvalue weighted by molar-refractivity contribution is -0.140. The second-order valence-corrected chi connectivity index (χ2v) is 6.97. The maximum atomic E-state index is 12.6. The number of amides is 1. The van der Waals surface area contributed by atoms with Crippen LogP contribution >= 0.6 is 23.2 Å². The van der Waals surface area contributed by atoms with Crippen molar-refractivity contribution in [1.82, 2.24) is 19.6 Å². The number of carboxylic acid groups (broad SMARTS) is 1. The van der Waals surface area contributed by atoms with Crippen LogP contribution in [-0.4, -0.2) is 36.5 Å². The molecule has 0 fully saturated rings. The summed E-state index contributed by atoms with van der Waals surface area (Å²) in [6, 6.07) is 7.42. The molecule has 8 nitrogen and oxygen atoms in total. The highest BCUT2D eigenvalue weighted by Gasteiger charge is 2.22. The van der Waals surface area contributed by atoms with Gasteiger partial charge in [0, 0.05) is 33.6 Å². The molecule has 0 radical (unpaired) electrons. The summed E-state index contributed by atoms with van der Waals surface area (Å²) in [6.45, 7) is 3.62. The first-order chi connectivity index (χ1) is 13.3. The van der Waals surface area contributed by atoms with E-state index in [1.165, 1.54) is 19.2 Å². The van der Waals surface area contributed by atoms with E-state index in [0.29, 0.717) is 22.4 Å². The topological polar surface area (TPSA) is 102 Å². The smallest absolute Gasteiger partial charge is 0.328 e. The van der Waals surface area contributed by atoms with Crippen molar-refractivity contribution in [3.8, 4) is 0 Å². The number of halogens is 2. The summed E-state index contributed by atoms with van der Waals surface area (Å²) in [5.74, 6) is -1.28. The summed E-state index contributed by atoms with van der Waals surface area (Å²) in [6.07, 6.45) is 1.37. The van der Waals surface area contributed by atoms with Crippen molar-refractivity contribution in [2.24, 2.45) is 0 Å². The van der Waals surface area contributed by atoms with E-state index in [4.69, 9.17) is 28.3 Å². The Morgan fingerprint density at radius 3 is 2.57 bits per heavy atom. The Hall–Kier alpha value is -2.84. The molecule has 2 N–H and O–H groups in total. The number of nitrogens with zero attached hydrogens (tertiary/aromatic N) is 4. The number of carbonyl (C=O) groups excluding carboxylic acids is 1. The number of anilines is 1. The van der Waals surface area contributed by atoms with Gasteiger partial charge in [0.15, 0.2) is 5.82 Å². The molecule has 1 atom stereocenters. The minimum atomic E-state index is -1.09. The summed E-state index contributed by atoms with van der Waals surface area (Å²) in [5.41, 5.74) is 1.64. The maximum Gasteiger partial charge on any atom is 0.328 e. The van der Waals surface area contributed by atoms with Crippen molar-refractivity contribution in [2.45, 2.75) is 26.4 Å². The molecule has 0 saturated carbocycles. The van der Waals surface area contributed by atoms with E-state index in [-0.39, 0.29) is 5.69 Å². The zero-order valence-corrected chi connectivity index (χ0v) is 16.6. The van der Waals surface area contributed by atoms with Crippen LogP contribution in [0.15, 0.2) is 36.5 Å². The van der Waals surface area contributed by atoms with Crippen molar-refractivity contribution < 1.29 is 14.7 Å². The number of aliphatic carboxylic acids is 1. The molecule has 0 saturated heterocycles. The molecule has 0 spiro atoms. The number of hydrogen-bond donors (Lipinski definition) is 2. The molecular formula is C18H17Cl2N5O3. The summed E-state index contributed by atoms with van der Waals surface area (Å²) in [4.78, 5) is 23.7. The number of benzene rings is 1. The zero-order valence-electron chi connectivity index (χ0n) is 15.1. The zero-order chi connectivity index (χ0) is 20.4. The molecule has 3 rings (SSSR count). The Balaban J connectivity index is 1.80. The predicted molar refractivity (Wildman–Crippen MR) is 105 cm³/mol. The van der Waals surface area contributed by atoms with Crippen molar-refractivity contribution >= 4 is 40.9 Å². The van der Waals surface area contributed by atoms with Crippen molar-refractivity contribution in [3.63, 3.8) is 0 Å². The minimum Gasteiger partial charge on any atom is -0.480 e. The standard InChI is InChI=1S/C18H17Cl2N5O3/c1-10-8-16(23-24(10)9-12-13(19)4-3-5-14(12)20)22-17(26)15-6-7-21-25(15)11(2)18(27)28/h3-8,11H,9H2,1-2H3,(H,27,28)(H,22,23,26).